The van der Waals surface area contributed by atoms with Crippen LogP contribution in [0, 0.1) is 0 Å². The number of carboxylic acids is 1. The van der Waals surface area contributed by atoms with Crippen LogP contribution in [-0.2, 0) is 4.79 Å². The summed E-state index contributed by atoms with van der Waals surface area (Å²) >= 11 is 0. The number of nitrogens with one attached hydrogen (secondary N) is 1. The molecule has 1 saturated carbocycles. The Morgan fingerprint density at radius 1 is 1.20 bits per heavy atom. The van der Waals surface area contributed by atoms with Gasteiger partial charge in [-0.15, -0.1) is 0 Å². The highest BCUT2D eigenvalue weighted by atomic mass is 16.4. The number of hydrogen-bond donors (Lipinski definition) is 2. The summed E-state index contributed by atoms with van der Waals surface area (Å²) in [7, 11) is 0. The summed E-state index contributed by atoms with van der Waals surface area (Å²) in [5.74, 6) is -0.818. The van der Waals surface area contributed by atoms with Gasteiger partial charge in [-0.05, 0) is 25.0 Å². The lowest BCUT2D eigenvalue weighted by atomic mass is 9.90. The summed E-state index contributed by atoms with van der Waals surface area (Å²) in [5.41, 5.74) is 0.463. The lowest BCUT2D eigenvalue weighted by Crippen LogP contribution is -2.46. The topological polar surface area (TPSA) is 75.4 Å². The van der Waals surface area contributed by atoms with E-state index >= 15 is 0 Å². The van der Waals surface area contributed by atoms with Gasteiger partial charge < -0.3 is 14.8 Å². The molecule has 0 amide bonds. The smallest absolute Gasteiger partial charge is 0.329 e. The van der Waals surface area contributed by atoms with Crippen LogP contribution in [0.3, 0.4) is 0 Å². The van der Waals surface area contributed by atoms with E-state index in [2.05, 4.69) is 10.3 Å². The number of carboxylic acid groups (broad SMARTS) is 1. The number of benzene rings is 1. The first-order chi connectivity index (χ1) is 9.70. The lowest BCUT2D eigenvalue weighted by Gasteiger charge is -2.28. The number of anilines is 1. The van der Waals surface area contributed by atoms with Crippen molar-refractivity contribution in [2.45, 2.75) is 44.1 Å². The van der Waals surface area contributed by atoms with Crippen molar-refractivity contribution in [1.29, 1.82) is 0 Å². The zero-order chi connectivity index (χ0) is 14.0. The summed E-state index contributed by atoms with van der Waals surface area (Å²) in [6.07, 6.45) is 5.23. The van der Waals surface area contributed by atoms with Crippen LogP contribution in [0.2, 0.25) is 0 Å². The summed E-state index contributed by atoms with van der Waals surface area (Å²) in [5, 5.41) is 12.7. The average Bonchev–Trinajstić information content (AvgIpc) is 2.67. The molecular weight excluding hydrogens is 256 g/mol. The Balaban J connectivity index is 1.90. The summed E-state index contributed by atoms with van der Waals surface area (Å²) in [6.45, 7) is 0. The third kappa shape index (κ3) is 2.35. The molecule has 0 unspecified atom stereocenters. The molecule has 0 radical (unpaired) electrons. The normalized spacial score (nSPS) is 18.6. The molecule has 0 atom stereocenters. The maximum atomic E-state index is 11.7. The lowest BCUT2D eigenvalue weighted by molar-refractivity contribution is -0.142. The van der Waals surface area contributed by atoms with Gasteiger partial charge in [0.1, 0.15) is 11.1 Å². The van der Waals surface area contributed by atoms with E-state index < -0.39 is 11.5 Å². The summed E-state index contributed by atoms with van der Waals surface area (Å²) < 4.78 is 5.60. The Morgan fingerprint density at radius 2 is 1.90 bits per heavy atom. The molecule has 0 saturated heterocycles. The van der Waals surface area contributed by atoms with Gasteiger partial charge in [-0.1, -0.05) is 37.8 Å². The zero-order valence-electron chi connectivity index (χ0n) is 11.3. The highest BCUT2D eigenvalue weighted by molar-refractivity contribution is 5.83. The number of rotatable bonds is 3. The molecule has 0 aliphatic heterocycles. The van der Waals surface area contributed by atoms with Crippen molar-refractivity contribution in [3.63, 3.8) is 0 Å². The van der Waals surface area contributed by atoms with E-state index in [0.717, 1.165) is 31.2 Å². The molecule has 2 N–H and O–H groups in total. The number of para-hydroxylation sites is 2. The number of nitrogens with zero attached hydrogens (tertiary/aromatic N) is 1. The Hall–Kier alpha value is -2.04. The Labute approximate surface area is 117 Å². The fourth-order valence-electron chi connectivity index (χ4n) is 2.85. The molecule has 0 spiro atoms. The van der Waals surface area contributed by atoms with Crippen LogP contribution in [0.1, 0.15) is 38.5 Å². The average molecular weight is 274 g/mol. The van der Waals surface area contributed by atoms with Crippen LogP contribution in [0.5, 0.6) is 0 Å². The summed E-state index contributed by atoms with van der Waals surface area (Å²) in [4.78, 5) is 16.0. The Morgan fingerprint density at radius 3 is 2.55 bits per heavy atom. The van der Waals surface area contributed by atoms with E-state index in [9.17, 15) is 9.90 Å². The molecule has 1 fully saturated rings. The maximum absolute atomic E-state index is 11.7. The Kier molecular flexibility index (Phi) is 3.34. The molecule has 20 heavy (non-hydrogen) atoms. The molecule has 0 bridgehead atoms. The highest BCUT2D eigenvalue weighted by Gasteiger charge is 2.39. The van der Waals surface area contributed by atoms with Gasteiger partial charge in [0.05, 0.1) is 0 Å². The van der Waals surface area contributed by atoms with Crippen molar-refractivity contribution >= 4 is 23.1 Å². The van der Waals surface area contributed by atoms with Crippen molar-refractivity contribution in [2.75, 3.05) is 5.32 Å². The van der Waals surface area contributed by atoms with Gasteiger partial charge in [-0.25, -0.2) is 4.79 Å². The second-order valence-corrected chi connectivity index (χ2v) is 5.41. The number of aliphatic carboxylic acids is 1. The molecule has 1 aliphatic rings. The minimum atomic E-state index is -0.947. The molecule has 1 aromatic heterocycles. The van der Waals surface area contributed by atoms with Crippen LogP contribution in [-0.4, -0.2) is 21.6 Å². The number of hydrogen-bond acceptors (Lipinski definition) is 4. The molecule has 1 heterocycles. The van der Waals surface area contributed by atoms with Crippen LogP contribution < -0.4 is 5.32 Å². The minimum Gasteiger partial charge on any atom is -0.480 e. The van der Waals surface area contributed by atoms with Gasteiger partial charge in [-0.2, -0.15) is 4.98 Å². The molecule has 3 rings (SSSR count). The molecule has 5 nitrogen and oxygen atoms in total. The van der Waals surface area contributed by atoms with Crippen molar-refractivity contribution in [3.05, 3.63) is 24.3 Å². The van der Waals surface area contributed by atoms with E-state index in [4.69, 9.17) is 4.42 Å². The standard InChI is InChI=1S/C15H18N2O3/c18-13(19)15(9-5-1-2-6-10-15)17-14-16-11-7-3-4-8-12(11)20-14/h3-4,7-8H,1-2,5-6,9-10H2,(H,16,17)(H,18,19). The van der Waals surface area contributed by atoms with E-state index in [1.807, 2.05) is 24.3 Å². The minimum absolute atomic E-state index is 0.301. The largest absolute Gasteiger partial charge is 0.480 e. The quantitative estimate of drug-likeness (QED) is 0.839. The van der Waals surface area contributed by atoms with E-state index in [-0.39, 0.29) is 0 Å². The van der Waals surface area contributed by atoms with Gasteiger partial charge >= 0.3 is 5.97 Å². The van der Waals surface area contributed by atoms with Crippen LogP contribution in [0.4, 0.5) is 6.01 Å². The van der Waals surface area contributed by atoms with Crippen molar-refractivity contribution in [1.82, 2.24) is 4.98 Å². The third-order valence-corrected chi connectivity index (χ3v) is 4.01. The van der Waals surface area contributed by atoms with Gasteiger partial charge in [0.15, 0.2) is 5.58 Å². The predicted molar refractivity (Wildman–Crippen MR) is 75.7 cm³/mol. The van der Waals surface area contributed by atoms with Crippen molar-refractivity contribution < 1.29 is 14.3 Å². The number of oxazole rings is 1. The van der Waals surface area contributed by atoms with Crippen LogP contribution >= 0.6 is 0 Å². The molecule has 1 aliphatic carbocycles. The van der Waals surface area contributed by atoms with Gasteiger partial charge in [0.2, 0.25) is 0 Å². The van der Waals surface area contributed by atoms with Gasteiger partial charge in [0, 0.05) is 0 Å². The van der Waals surface area contributed by atoms with Crippen LogP contribution in [0.15, 0.2) is 28.7 Å². The van der Waals surface area contributed by atoms with Crippen molar-refractivity contribution in [2.24, 2.45) is 0 Å². The first kappa shape index (κ1) is 13.0. The first-order valence-electron chi connectivity index (χ1n) is 7.07. The fourth-order valence-corrected chi connectivity index (χ4v) is 2.85. The number of fused-ring (bicyclic) bond motifs is 1. The molecule has 106 valence electrons. The van der Waals surface area contributed by atoms with E-state index in [1.165, 1.54) is 0 Å². The number of aromatic nitrogens is 1. The molecule has 2 aromatic rings. The number of carbonyl (C=O) groups is 1. The second kappa shape index (κ2) is 5.15. The Bertz CT molecular complexity index is 579. The van der Waals surface area contributed by atoms with E-state index in [1.54, 1.807) is 0 Å². The summed E-state index contributed by atoms with van der Waals surface area (Å²) in [6, 6.07) is 7.73. The molecule has 5 heteroatoms. The molecular formula is C15H18N2O3. The first-order valence-corrected chi connectivity index (χ1v) is 7.07. The van der Waals surface area contributed by atoms with Crippen molar-refractivity contribution in [3.8, 4) is 0 Å². The van der Waals surface area contributed by atoms with Gasteiger partial charge in [0.25, 0.3) is 6.01 Å². The van der Waals surface area contributed by atoms with Gasteiger partial charge in [-0.3, -0.25) is 0 Å². The van der Waals surface area contributed by atoms with E-state index in [0.29, 0.717) is 24.4 Å². The fraction of sp³-hybridized carbons (Fsp3) is 0.467. The maximum Gasteiger partial charge on any atom is 0.329 e. The SMILES string of the molecule is O=C(O)C1(Nc2nc3ccccc3o2)CCCCCC1. The predicted octanol–water partition coefficient (Wildman–Crippen LogP) is 3.42. The van der Waals surface area contributed by atoms with Crippen LogP contribution in [0.25, 0.3) is 11.1 Å². The molecule has 1 aromatic carbocycles. The second-order valence-electron chi connectivity index (χ2n) is 5.41. The third-order valence-electron chi connectivity index (χ3n) is 4.01. The zero-order valence-corrected chi connectivity index (χ0v) is 11.3. The highest BCUT2D eigenvalue weighted by Crippen LogP contribution is 2.31. The monoisotopic (exact) mass is 274 g/mol.